The number of carbonyl (C=O) groups is 1. The zero-order chi connectivity index (χ0) is 19.8. The molecule has 0 aliphatic carbocycles. The van der Waals surface area contributed by atoms with Gasteiger partial charge < -0.3 is 9.32 Å². The smallest absolute Gasteiger partial charge is 0.333 e. The third-order valence-corrected chi connectivity index (χ3v) is 5.42. The normalized spacial score (nSPS) is 17.6. The maximum Gasteiger partial charge on any atom is 0.333 e. The largest absolute Gasteiger partial charge is 0.440 e. The van der Waals surface area contributed by atoms with Gasteiger partial charge in [-0.25, -0.2) is 9.67 Å². The van der Waals surface area contributed by atoms with E-state index in [9.17, 15) is 13.6 Å². The van der Waals surface area contributed by atoms with E-state index in [1.54, 1.807) is 18.7 Å². The van der Waals surface area contributed by atoms with Crippen molar-refractivity contribution in [1.82, 2.24) is 19.7 Å². The molecular weight excluding hydrogens is 366 g/mol. The standard InChI is InChI=1S/C20H22F2N4O2/c1-12-15(13(2)26(24-12)20(21)22)10-18(27)25-9-5-6-14(11-25)19-23-16-7-3-4-8-17(16)28-19/h3-4,7-8,14,20H,5-6,9-11H2,1-2H3. The number of oxazole rings is 1. The first kappa shape index (κ1) is 18.6. The first-order chi connectivity index (χ1) is 13.4. The van der Waals surface area contributed by atoms with Gasteiger partial charge in [-0.15, -0.1) is 0 Å². The van der Waals surface area contributed by atoms with E-state index in [0.717, 1.165) is 23.9 Å². The molecule has 1 saturated heterocycles. The van der Waals surface area contributed by atoms with Crippen molar-refractivity contribution in [3.63, 3.8) is 0 Å². The second-order valence-corrected chi connectivity index (χ2v) is 7.25. The highest BCUT2D eigenvalue weighted by molar-refractivity contribution is 5.79. The summed E-state index contributed by atoms with van der Waals surface area (Å²) in [6.45, 7) is 1.70. The molecule has 148 valence electrons. The molecule has 8 heteroatoms. The van der Waals surface area contributed by atoms with E-state index < -0.39 is 6.55 Å². The van der Waals surface area contributed by atoms with Gasteiger partial charge in [0.05, 0.1) is 18.0 Å². The second kappa shape index (κ2) is 7.33. The van der Waals surface area contributed by atoms with Gasteiger partial charge in [-0.2, -0.15) is 13.9 Å². The number of benzene rings is 1. The lowest BCUT2D eigenvalue weighted by Gasteiger charge is -2.31. The monoisotopic (exact) mass is 388 g/mol. The van der Waals surface area contributed by atoms with Crippen molar-refractivity contribution in [2.45, 2.75) is 45.6 Å². The van der Waals surface area contributed by atoms with Gasteiger partial charge in [-0.3, -0.25) is 4.79 Å². The molecule has 2 aromatic heterocycles. The van der Waals surface area contributed by atoms with Gasteiger partial charge in [0.2, 0.25) is 5.91 Å². The number of likely N-dealkylation sites (tertiary alicyclic amines) is 1. The van der Waals surface area contributed by atoms with Crippen LogP contribution in [0.4, 0.5) is 8.78 Å². The predicted octanol–water partition coefficient (Wildman–Crippen LogP) is 3.98. The average Bonchev–Trinajstić information content (AvgIpc) is 3.24. The summed E-state index contributed by atoms with van der Waals surface area (Å²) in [5, 5.41) is 3.87. The van der Waals surface area contributed by atoms with Crippen molar-refractivity contribution in [1.29, 1.82) is 0 Å². The van der Waals surface area contributed by atoms with Crippen LogP contribution in [0.5, 0.6) is 0 Å². The number of para-hydroxylation sites is 2. The number of carbonyl (C=O) groups excluding carboxylic acids is 1. The molecule has 28 heavy (non-hydrogen) atoms. The molecule has 1 fully saturated rings. The summed E-state index contributed by atoms with van der Waals surface area (Å²) in [7, 11) is 0. The van der Waals surface area contributed by atoms with Crippen molar-refractivity contribution >= 4 is 17.0 Å². The molecule has 3 aromatic rings. The number of rotatable bonds is 4. The Morgan fingerprint density at radius 1 is 1.32 bits per heavy atom. The van der Waals surface area contributed by atoms with E-state index in [1.807, 2.05) is 24.3 Å². The molecule has 0 saturated carbocycles. The minimum atomic E-state index is -2.71. The Labute approximate surface area is 161 Å². The molecule has 1 unspecified atom stereocenters. The van der Waals surface area contributed by atoms with Crippen molar-refractivity contribution in [2.24, 2.45) is 0 Å². The van der Waals surface area contributed by atoms with Crippen LogP contribution in [0.15, 0.2) is 28.7 Å². The fourth-order valence-corrected chi connectivity index (χ4v) is 3.88. The van der Waals surface area contributed by atoms with E-state index in [1.165, 1.54) is 0 Å². The first-order valence-corrected chi connectivity index (χ1v) is 9.40. The Morgan fingerprint density at radius 3 is 2.82 bits per heavy atom. The highest BCUT2D eigenvalue weighted by Gasteiger charge is 2.29. The molecule has 0 radical (unpaired) electrons. The summed E-state index contributed by atoms with van der Waals surface area (Å²) in [6, 6.07) is 7.60. The SMILES string of the molecule is Cc1nn(C(F)F)c(C)c1CC(=O)N1CCCC(c2nc3ccccc3o2)C1. The van der Waals surface area contributed by atoms with Crippen molar-refractivity contribution < 1.29 is 18.0 Å². The lowest BCUT2D eigenvalue weighted by atomic mass is 9.97. The Bertz CT molecular complexity index is 978. The van der Waals surface area contributed by atoms with Gasteiger partial charge in [0.25, 0.3) is 0 Å². The molecule has 6 nitrogen and oxygen atoms in total. The number of halogens is 2. The molecule has 4 rings (SSSR count). The van der Waals surface area contributed by atoms with E-state index in [4.69, 9.17) is 4.42 Å². The Balaban J connectivity index is 1.49. The molecule has 1 aliphatic heterocycles. The van der Waals surface area contributed by atoms with Crippen molar-refractivity contribution in [3.05, 3.63) is 47.1 Å². The number of piperidine rings is 1. The summed E-state index contributed by atoms with van der Waals surface area (Å²) >= 11 is 0. The topological polar surface area (TPSA) is 64.2 Å². The molecule has 3 heterocycles. The number of hydrogen-bond acceptors (Lipinski definition) is 4. The Hall–Kier alpha value is -2.77. The maximum atomic E-state index is 13.0. The van der Waals surface area contributed by atoms with E-state index >= 15 is 0 Å². The average molecular weight is 388 g/mol. The van der Waals surface area contributed by atoms with Crippen LogP contribution in [0.2, 0.25) is 0 Å². The number of hydrogen-bond donors (Lipinski definition) is 0. The van der Waals surface area contributed by atoms with E-state index in [0.29, 0.717) is 40.6 Å². The van der Waals surface area contributed by atoms with Crippen LogP contribution >= 0.6 is 0 Å². The number of aromatic nitrogens is 3. The summed E-state index contributed by atoms with van der Waals surface area (Å²) < 4.78 is 32.6. The van der Waals surface area contributed by atoms with Crippen LogP contribution in [0.3, 0.4) is 0 Å². The van der Waals surface area contributed by atoms with Crippen LogP contribution in [0.1, 0.15) is 48.2 Å². The van der Waals surface area contributed by atoms with Crippen LogP contribution in [0, 0.1) is 13.8 Å². The van der Waals surface area contributed by atoms with Gasteiger partial charge in [0.15, 0.2) is 11.5 Å². The molecule has 1 aromatic carbocycles. The summed E-state index contributed by atoms with van der Waals surface area (Å²) in [5.41, 5.74) is 2.94. The fourth-order valence-electron chi connectivity index (χ4n) is 3.88. The van der Waals surface area contributed by atoms with Crippen molar-refractivity contribution in [3.8, 4) is 0 Å². The zero-order valence-corrected chi connectivity index (χ0v) is 15.9. The van der Waals surface area contributed by atoms with Gasteiger partial charge in [-0.1, -0.05) is 12.1 Å². The molecule has 1 aliphatic rings. The van der Waals surface area contributed by atoms with Crippen LogP contribution in [-0.2, 0) is 11.2 Å². The Kier molecular flexibility index (Phi) is 4.87. The third kappa shape index (κ3) is 3.39. The van der Waals surface area contributed by atoms with Crippen LogP contribution in [-0.4, -0.2) is 38.7 Å². The van der Waals surface area contributed by atoms with Gasteiger partial charge in [0, 0.05) is 24.3 Å². The second-order valence-electron chi connectivity index (χ2n) is 7.25. The predicted molar refractivity (Wildman–Crippen MR) is 99.2 cm³/mol. The summed E-state index contributed by atoms with van der Waals surface area (Å²) in [6.07, 6.45) is 1.83. The zero-order valence-electron chi connectivity index (χ0n) is 15.9. The van der Waals surface area contributed by atoms with Crippen LogP contribution < -0.4 is 0 Å². The molecular formula is C20H22F2N4O2. The van der Waals surface area contributed by atoms with Gasteiger partial charge in [0.1, 0.15) is 5.52 Å². The maximum absolute atomic E-state index is 13.0. The highest BCUT2D eigenvalue weighted by atomic mass is 19.3. The number of nitrogens with zero attached hydrogens (tertiary/aromatic N) is 4. The Morgan fingerprint density at radius 2 is 2.11 bits per heavy atom. The molecule has 1 amide bonds. The lowest BCUT2D eigenvalue weighted by molar-refractivity contribution is -0.131. The van der Waals surface area contributed by atoms with E-state index in [-0.39, 0.29) is 18.2 Å². The number of fused-ring (bicyclic) bond motifs is 1. The molecule has 1 atom stereocenters. The quantitative estimate of drug-likeness (QED) is 0.678. The minimum absolute atomic E-state index is 0.0380. The molecule has 0 N–H and O–H groups in total. The summed E-state index contributed by atoms with van der Waals surface area (Å²) in [5.74, 6) is 0.605. The first-order valence-electron chi connectivity index (χ1n) is 9.40. The highest BCUT2D eigenvalue weighted by Crippen LogP contribution is 2.29. The molecule has 0 spiro atoms. The third-order valence-electron chi connectivity index (χ3n) is 5.42. The number of aryl methyl sites for hydroxylation is 1. The van der Waals surface area contributed by atoms with Crippen molar-refractivity contribution in [2.75, 3.05) is 13.1 Å². The molecule has 0 bridgehead atoms. The van der Waals surface area contributed by atoms with Gasteiger partial charge in [-0.05, 0) is 38.8 Å². The van der Waals surface area contributed by atoms with E-state index in [2.05, 4.69) is 10.1 Å². The lowest BCUT2D eigenvalue weighted by Crippen LogP contribution is -2.40. The van der Waals surface area contributed by atoms with Gasteiger partial charge >= 0.3 is 6.55 Å². The minimum Gasteiger partial charge on any atom is -0.440 e. The fraction of sp³-hybridized carbons (Fsp3) is 0.450. The van der Waals surface area contributed by atoms with Crippen LogP contribution in [0.25, 0.3) is 11.1 Å². The number of amides is 1. The summed E-state index contributed by atoms with van der Waals surface area (Å²) in [4.78, 5) is 19.2. The number of alkyl halides is 2.